The van der Waals surface area contributed by atoms with Crippen molar-refractivity contribution >= 4 is 11.6 Å². The second-order valence-electron chi connectivity index (χ2n) is 4.10. The van der Waals surface area contributed by atoms with Gasteiger partial charge in [-0.25, -0.2) is 0 Å². The summed E-state index contributed by atoms with van der Waals surface area (Å²) in [6.07, 6.45) is 0.118. The SMILES string of the molecule is COc1cccc(Cl)c1C(CN)NCC(C)OC. The van der Waals surface area contributed by atoms with Crippen LogP contribution < -0.4 is 15.8 Å². The molecule has 0 aromatic heterocycles. The molecule has 0 aliphatic carbocycles. The van der Waals surface area contributed by atoms with Crippen LogP contribution in [-0.2, 0) is 4.74 Å². The summed E-state index contributed by atoms with van der Waals surface area (Å²) in [5.41, 5.74) is 6.70. The van der Waals surface area contributed by atoms with E-state index in [0.717, 1.165) is 11.3 Å². The molecule has 4 nitrogen and oxygen atoms in total. The number of nitrogens with one attached hydrogen (secondary N) is 1. The molecule has 1 aromatic rings. The van der Waals surface area contributed by atoms with Crippen molar-refractivity contribution in [1.82, 2.24) is 5.32 Å². The highest BCUT2D eigenvalue weighted by Gasteiger charge is 2.18. The molecule has 0 saturated heterocycles. The molecule has 0 radical (unpaired) electrons. The molecule has 0 aliphatic heterocycles. The van der Waals surface area contributed by atoms with Crippen LogP contribution in [0.3, 0.4) is 0 Å². The normalized spacial score (nSPS) is 14.3. The standard InChI is InChI=1S/C13H21ClN2O2/c1-9(17-2)8-16-11(7-15)13-10(14)5-4-6-12(13)18-3/h4-6,9,11,16H,7-8,15H2,1-3H3. The number of ether oxygens (including phenoxy) is 2. The molecule has 5 heteroatoms. The van der Waals surface area contributed by atoms with E-state index >= 15 is 0 Å². The Morgan fingerprint density at radius 2 is 2.11 bits per heavy atom. The van der Waals surface area contributed by atoms with Crippen molar-refractivity contribution in [3.05, 3.63) is 28.8 Å². The smallest absolute Gasteiger partial charge is 0.125 e. The summed E-state index contributed by atoms with van der Waals surface area (Å²) in [5, 5.41) is 3.99. The minimum atomic E-state index is -0.0498. The predicted molar refractivity (Wildman–Crippen MR) is 74.3 cm³/mol. The summed E-state index contributed by atoms with van der Waals surface area (Å²) in [5.74, 6) is 0.746. The van der Waals surface area contributed by atoms with E-state index in [9.17, 15) is 0 Å². The van der Waals surface area contributed by atoms with Crippen molar-refractivity contribution in [2.24, 2.45) is 5.73 Å². The lowest BCUT2D eigenvalue weighted by molar-refractivity contribution is 0.114. The highest BCUT2D eigenvalue weighted by atomic mass is 35.5. The van der Waals surface area contributed by atoms with Crippen LogP contribution in [0.1, 0.15) is 18.5 Å². The maximum Gasteiger partial charge on any atom is 0.125 e. The third-order valence-corrected chi connectivity index (χ3v) is 3.20. The molecule has 0 aliphatic rings. The molecule has 0 saturated carbocycles. The Balaban J connectivity index is 2.87. The molecule has 102 valence electrons. The van der Waals surface area contributed by atoms with Crippen molar-refractivity contribution < 1.29 is 9.47 Å². The Kier molecular flexibility index (Phi) is 6.43. The van der Waals surface area contributed by atoms with Gasteiger partial charge in [-0.2, -0.15) is 0 Å². The van der Waals surface area contributed by atoms with E-state index in [1.54, 1.807) is 14.2 Å². The highest BCUT2D eigenvalue weighted by molar-refractivity contribution is 6.31. The van der Waals surface area contributed by atoms with Crippen molar-refractivity contribution in [3.63, 3.8) is 0 Å². The molecule has 0 spiro atoms. The van der Waals surface area contributed by atoms with Crippen LogP contribution in [0.5, 0.6) is 5.75 Å². The van der Waals surface area contributed by atoms with Crippen LogP contribution in [0.15, 0.2) is 18.2 Å². The van der Waals surface area contributed by atoms with Crippen LogP contribution >= 0.6 is 11.6 Å². The third kappa shape index (κ3) is 3.85. The molecule has 3 N–H and O–H groups in total. The summed E-state index contributed by atoms with van der Waals surface area (Å²) in [6, 6.07) is 5.52. The summed E-state index contributed by atoms with van der Waals surface area (Å²) in [7, 11) is 3.31. The summed E-state index contributed by atoms with van der Waals surface area (Å²) < 4.78 is 10.5. The van der Waals surface area contributed by atoms with Crippen LogP contribution in [0.25, 0.3) is 0 Å². The van der Waals surface area contributed by atoms with E-state index in [1.165, 1.54) is 0 Å². The van der Waals surface area contributed by atoms with Gasteiger partial charge in [0.15, 0.2) is 0 Å². The molecule has 18 heavy (non-hydrogen) atoms. The van der Waals surface area contributed by atoms with Gasteiger partial charge < -0.3 is 20.5 Å². The second-order valence-corrected chi connectivity index (χ2v) is 4.51. The maximum absolute atomic E-state index is 6.22. The molecule has 0 fully saturated rings. The van der Waals surface area contributed by atoms with Gasteiger partial charge in [-0.15, -0.1) is 0 Å². The largest absolute Gasteiger partial charge is 0.496 e. The number of nitrogens with two attached hydrogens (primary N) is 1. The Morgan fingerprint density at radius 1 is 1.39 bits per heavy atom. The van der Waals surface area contributed by atoms with Gasteiger partial charge in [0.25, 0.3) is 0 Å². The molecule has 1 aromatic carbocycles. The Hall–Kier alpha value is -0.810. The average molecular weight is 273 g/mol. The van der Waals surface area contributed by atoms with Gasteiger partial charge in [0, 0.05) is 36.8 Å². The van der Waals surface area contributed by atoms with Gasteiger partial charge >= 0.3 is 0 Å². The Bertz CT molecular complexity index is 374. The summed E-state index contributed by atoms with van der Waals surface area (Å²) in [4.78, 5) is 0. The number of hydrogen-bond acceptors (Lipinski definition) is 4. The molecule has 0 heterocycles. The molecular formula is C13H21ClN2O2. The molecule has 2 atom stereocenters. The van der Waals surface area contributed by atoms with Gasteiger partial charge in [0.05, 0.1) is 13.2 Å². The predicted octanol–water partition coefficient (Wildman–Crippen LogP) is 1.97. The first-order valence-corrected chi connectivity index (χ1v) is 6.30. The number of halogens is 1. The number of benzene rings is 1. The monoisotopic (exact) mass is 272 g/mol. The molecule has 0 bridgehead atoms. The first-order chi connectivity index (χ1) is 8.63. The van der Waals surface area contributed by atoms with Crippen LogP contribution in [0.2, 0.25) is 5.02 Å². The lowest BCUT2D eigenvalue weighted by atomic mass is 10.1. The van der Waals surface area contributed by atoms with Gasteiger partial charge in [-0.1, -0.05) is 17.7 Å². The Morgan fingerprint density at radius 3 is 2.67 bits per heavy atom. The first kappa shape index (κ1) is 15.2. The van der Waals surface area contributed by atoms with Gasteiger partial charge in [0.2, 0.25) is 0 Å². The fourth-order valence-corrected chi connectivity index (χ4v) is 2.03. The number of rotatable bonds is 7. The lowest BCUT2D eigenvalue weighted by Gasteiger charge is -2.22. The van der Waals surface area contributed by atoms with Gasteiger partial charge in [0.1, 0.15) is 5.75 Å². The topological polar surface area (TPSA) is 56.5 Å². The van der Waals surface area contributed by atoms with Crippen LogP contribution in [-0.4, -0.2) is 33.4 Å². The lowest BCUT2D eigenvalue weighted by Crippen LogP contribution is -2.34. The minimum absolute atomic E-state index is 0.0498. The third-order valence-electron chi connectivity index (χ3n) is 2.87. The Labute approximate surface area is 113 Å². The zero-order valence-electron chi connectivity index (χ0n) is 11.1. The van der Waals surface area contributed by atoms with E-state index < -0.39 is 0 Å². The number of hydrogen-bond donors (Lipinski definition) is 2. The fourth-order valence-electron chi connectivity index (χ4n) is 1.73. The summed E-state index contributed by atoms with van der Waals surface area (Å²) >= 11 is 6.22. The number of methoxy groups -OCH3 is 2. The van der Waals surface area contributed by atoms with Crippen LogP contribution in [0.4, 0.5) is 0 Å². The van der Waals surface area contributed by atoms with E-state index in [-0.39, 0.29) is 12.1 Å². The molecule has 0 amide bonds. The van der Waals surface area contributed by atoms with Crippen molar-refractivity contribution in [2.75, 3.05) is 27.3 Å². The van der Waals surface area contributed by atoms with Crippen molar-refractivity contribution in [3.8, 4) is 5.75 Å². The first-order valence-electron chi connectivity index (χ1n) is 5.92. The quantitative estimate of drug-likeness (QED) is 0.797. The fraction of sp³-hybridized carbons (Fsp3) is 0.538. The van der Waals surface area contributed by atoms with Crippen molar-refractivity contribution in [2.45, 2.75) is 19.1 Å². The average Bonchev–Trinajstić information content (AvgIpc) is 2.40. The van der Waals surface area contributed by atoms with E-state index in [4.69, 9.17) is 26.8 Å². The second kappa shape index (κ2) is 7.59. The summed E-state index contributed by atoms with van der Waals surface area (Å²) in [6.45, 7) is 3.13. The minimum Gasteiger partial charge on any atom is -0.496 e. The molecular weight excluding hydrogens is 252 g/mol. The van der Waals surface area contributed by atoms with E-state index in [2.05, 4.69) is 5.32 Å². The highest BCUT2D eigenvalue weighted by Crippen LogP contribution is 2.31. The molecule has 1 rings (SSSR count). The van der Waals surface area contributed by atoms with Gasteiger partial charge in [-0.3, -0.25) is 0 Å². The molecule has 2 unspecified atom stereocenters. The van der Waals surface area contributed by atoms with Crippen LogP contribution in [0, 0.1) is 0 Å². The zero-order chi connectivity index (χ0) is 13.5. The van der Waals surface area contributed by atoms with Gasteiger partial charge in [-0.05, 0) is 19.1 Å². The maximum atomic E-state index is 6.22. The van der Waals surface area contributed by atoms with Crippen molar-refractivity contribution in [1.29, 1.82) is 0 Å². The van der Waals surface area contributed by atoms with E-state index in [0.29, 0.717) is 18.1 Å². The van der Waals surface area contributed by atoms with E-state index in [1.807, 2.05) is 25.1 Å². The zero-order valence-corrected chi connectivity index (χ0v) is 11.8.